The smallest absolute Gasteiger partial charge is 0.345 e. The van der Waals surface area contributed by atoms with E-state index in [1.54, 1.807) is 6.07 Å². The van der Waals surface area contributed by atoms with Crippen LogP contribution < -0.4 is 0 Å². The van der Waals surface area contributed by atoms with Gasteiger partial charge in [-0.15, -0.1) is 11.3 Å². The van der Waals surface area contributed by atoms with Crippen molar-refractivity contribution in [1.29, 1.82) is 0 Å². The van der Waals surface area contributed by atoms with E-state index in [0.717, 1.165) is 43.8 Å². The van der Waals surface area contributed by atoms with Crippen molar-refractivity contribution in [3.63, 3.8) is 0 Å². The summed E-state index contributed by atoms with van der Waals surface area (Å²) in [6, 6.07) is 24.5. The molecule has 156 valence electrons. The number of carboxylic acids is 1. The van der Waals surface area contributed by atoms with Crippen LogP contribution in [0.5, 0.6) is 0 Å². The Morgan fingerprint density at radius 3 is 2.30 bits per heavy atom. The Kier molecular flexibility index (Phi) is 6.95. The molecule has 1 aliphatic heterocycles. The molecule has 1 fully saturated rings. The fourth-order valence-corrected chi connectivity index (χ4v) is 4.86. The van der Waals surface area contributed by atoms with Crippen molar-refractivity contribution < 1.29 is 14.6 Å². The number of carboxylic acid groups (broad SMARTS) is 1. The number of ether oxygens (including phenoxy) is 1. The second-order valence-corrected chi connectivity index (χ2v) is 8.89. The van der Waals surface area contributed by atoms with Crippen LogP contribution in [-0.2, 0) is 11.2 Å². The van der Waals surface area contributed by atoms with Gasteiger partial charge in [-0.25, -0.2) is 4.79 Å². The van der Waals surface area contributed by atoms with Crippen LogP contribution in [0, 0.1) is 0 Å². The van der Waals surface area contributed by atoms with E-state index in [1.807, 2.05) is 18.2 Å². The third-order valence-electron chi connectivity index (χ3n) is 5.54. The van der Waals surface area contributed by atoms with Gasteiger partial charge in [0.15, 0.2) is 0 Å². The second-order valence-electron chi connectivity index (χ2n) is 7.72. The molecule has 2 aromatic carbocycles. The van der Waals surface area contributed by atoms with Gasteiger partial charge in [-0.1, -0.05) is 60.7 Å². The maximum absolute atomic E-state index is 11.1. The minimum absolute atomic E-state index is 0.0622. The lowest BCUT2D eigenvalue weighted by atomic mass is 10.00. The largest absolute Gasteiger partial charge is 0.477 e. The molecule has 30 heavy (non-hydrogen) atoms. The summed E-state index contributed by atoms with van der Waals surface area (Å²) >= 11 is 1.38. The molecule has 1 aromatic heterocycles. The Bertz CT molecular complexity index is 902. The number of benzene rings is 2. The van der Waals surface area contributed by atoms with Gasteiger partial charge in [0.05, 0.1) is 6.10 Å². The van der Waals surface area contributed by atoms with Crippen molar-refractivity contribution in [2.24, 2.45) is 0 Å². The van der Waals surface area contributed by atoms with Gasteiger partial charge < -0.3 is 14.7 Å². The summed E-state index contributed by atoms with van der Waals surface area (Å²) in [5, 5.41) is 9.11. The minimum Gasteiger partial charge on any atom is -0.477 e. The quantitative estimate of drug-likeness (QED) is 0.539. The minimum atomic E-state index is -0.842. The molecule has 4 rings (SSSR count). The average molecular weight is 422 g/mol. The molecule has 0 saturated carbocycles. The number of aromatic carboxylic acids is 1. The molecule has 3 aromatic rings. The van der Waals surface area contributed by atoms with Crippen molar-refractivity contribution >= 4 is 17.3 Å². The van der Waals surface area contributed by atoms with Crippen LogP contribution in [0.25, 0.3) is 0 Å². The van der Waals surface area contributed by atoms with Crippen LogP contribution in [0.2, 0.25) is 0 Å². The standard InChI is InChI=1S/C25H27NO3S/c27-25(28)23-14-13-22(30-23)15-17-26-16-7-12-21(18-26)29-24(19-8-3-1-4-9-19)20-10-5-2-6-11-20/h1-6,8-11,13-14,21,24H,7,12,15-18H2,(H,27,28). The lowest BCUT2D eigenvalue weighted by Crippen LogP contribution is -2.41. The van der Waals surface area contributed by atoms with E-state index in [4.69, 9.17) is 9.84 Å². The topological polar surface area (TPSA) is 49.8 Å². The van der Waals surface area contributed by atoms with Crippen LogP contribution in [-0.4, -0.2) is 41.7 Å². The first-order valence-corrected chi connectivity index (χ1v) is 11.3. The molecule has 0 amide bonds. The summed E-state index contributed by atoms with van der Waals surface area (Å²) in [5.41, 5.74) is 2.36. The SMILES string of the molecule is O=C(O)c1ccc(CCN2CCCC(OC(c3ccccc3)c3ccccc3)C2)s1. The number of rotatable bonds is 8. The van der Waals surface area contributed by atoms with Gasteiger partial charge in [-0.3, -0.25) is 0 Å². The summed E-state index contributed by atoms with van der Waals surface area (Å²) in [5.74, 6) is -0.842. The normalized spacial score (nSPS) is 17.3. The first-order valence-electron chi connectivity index (χ1n) is 10.5. The Morgan fingerprint density at radius 1 is 1.03 bits per heavy atom. The molecule has 1 saturated heterocycles. The number of thiophene rings is 1. The first-order chi connectivity index (χ1) is 14.7. The molecule has 1 atom stereocenters. The Hall–Kier alpha value is -2.47. The van der Waals surface area contributed by atoms with Crippen LogP contribution >= 0.6 is 11.3 Å². The third-order valence-corrected chi connectivity index (χ3v) is 6.68. The van der Waals surface area contributed by atoms with Crippen molar-refractivity contribution in [2.45, 2.75) is 31.5 Å². The zero-order valence-corrected chi connectivity index (χ0v) is 17.8. The van der Waals surface area contributed by atoms with Crippen LogP contribution in [0.1, 0.15) is 44.6 Å². The van der Waals surface area contributed by atoms with Crippen LogP contribution in [0.4, 0.5) is 0 Å². The highest BCUT2D eigenvalue weighted by atomic mass is 32.1. The van der Waals surface area contributed by atoms with Gasteiger partial charge in [-0.05, 0) is 49.1 Å². The van der Waals surface area contributed by atoms with E-state index in [1.165, 1.54) is 22.5 Å². The lowest BCUT2D eigenvalue weighted by Gasteiger charge is -2.35. The van der Waals surface area contributed by atoms with E-state index in [2.05, 4.69) is 53.4 Å². The van der Waals surface area contributed by atoms with Gasteiger partial charge in [-0.2, -0.15) is 0 Å². The lowest BCUT2D eigenvalue weighted by molar-refractivity contribution is -0.0330. The number of hydrogen-bond acceptors (Lipinski definition) is 4. The Balaban J connectivity index is 1.39. The van der Waals surface area contributed by atoms with Crippen LogP contribution in [0.15, 0.2) is 72.8 Å². The monoisotopic (exact) mass is 421 g/mol. The molecule has 1 aliphatic rings. The average Bonchev–Trinajstić information content (AvgIpc) is 3.27. The maximum atomic E-state index is 11.1. The molecule has 0 aliphatic carbocycles. The number of likely N-dealkylation sites (tertiary alicyclic amines) is 1. The Labute approximate surface area is 181 Å². The van der Waals surface area contributed by atoms with Gasteiger partial charge in [0.2, 0.25) is 0 Å². The van der Waals surface area contributed by atoms with Gasteiger partial charge in [0, 0.05) is 18.0 Å². The molecule has 0 bridgehead atoms. The van der Waals surface area contributed by atoms with E-state index < -0.39 is 5.97 Å². The summed E-state index contributed by atoms with van der Waals surface area (Å²) in [6.45, 7) is 2.91. The fraction of sp³-hybridized carbons (Fsp3) is 0.320. The summed E-state index contributed by atoms with van der Waals surface area (Å²) in [7, 11) is 0. The molecule has 5 heteroatoms. The predicted molar refractivity (Wildman–Crippen MR) is 120 cm³/mol. The summed E-state index contributed by atoms with van der Waals surface area (Å²) < 4.78 is 6.66. The van der Waals surface area contributed by atoms with E-state index >= 15 is 0 Å². The maximum Gasteiger partial charge on any atom is 0.345 e. The summed E-state index contributed by atoms with van der Waals surface area (Å²) in [4.78, 5) is 15.1. The molecule has 1 unspecified atom stereocenters. The molecular weight excluding hydrogens is 394 g/mol. The van der Waals surface area contributed by atoms with Crippen molar-refractivity contribution in [3.05, 3.63) is 93.7 Å². The molecular formula is C25H27NO3S. The zero-order valence-electron chi connectivity index (χ0n) is 16.9. The number of piperidine rings is 1. The highest BCUT2D eigenvalue weighted by Gasteiger charge is 2.25. The van der Waals surface area contributed by atoms with E-state index in [0.29, 0.717) is 4.88 Å². The first kappa shape index (κ1) is 20.8. The molecule has 1 N–H and O–H groups in total. The van der Waals surface area contributed by atoms with Gasteiger partial charge >= 0.3 is 5.97 Å². The molecule has 0 radical (unpaired) electrons. The second kappa shape index (κ2) is 10.0. The number of carbonyl (C=O) groups is 1. The fourth-order valence-electron chi connectivity index (χ4n) is 4.02. The number of hydrogen-bond donors (Lipinski definition) is 1. The summed E-state index contributed by atoms with van der Waals surface area (Å²) in [6.07, 6.45) is 3.18. The van der Waals surface area contributed by atoms with E-state index in [-0.39, 0.29) is 12.2 Å². The van der Waals surface area contributed by atoms with Crippen molar-refractivity contribution in [1.82, 2.24) is 4.90 Å². The van der Waals surface area contributed by atoms with Crippen molar-refractivity contribution in [2.75, 3.05) is 19.6 Å². The van der Waals surface area contributed by atoms with Gasteiger partial charge in [0.25, 0.3) is 0 Å². The molecule has 4 nitrogen and oxygen atoms in total. The molecule has 0 spiro atoms. The zero-order chi connectivity index (χ0) is 20.8. The highest BCUT2D eigenvalue weighted by Crippen LogP contribution is 2.29. The predicted octanol–water partition coefficient (Wildman–Crippen LogP) is 5.26. The molecule has 2 heterocycles. The van der Waals surface area contributed by atoms with Gasteiger partial charge in [0.1, 0.15) is 11.0 Å². The van der Waals surface area contributed by atoms with Crippen molar-refractivity contribution in [3.8, 4) is 0 Å². The van der Waals surface area contributed by atoms with E-state index in [9.17, 15) is 4.79 Å². The number of nitrogens with zero attached hydrogens (tertiary/aromatic N) is 1. The Morgan fingerprint density at radius 2 is 1.70 bits per heavy atom. The third kappa shape index (κ3) is 5.36. The highest BCUT2D eigenvalue weighted by molar-refractivity contribution is 7.13. The van der Waals surface area contributed by atoms with Crippen LogP contribution in [0.3, 0.4) is 0 Å².